The van der Waals surface area contributed by atoms with Crippen LogP contribution in [0, 0.1) is 0 Å². The fourth-order valence-electron chi connectivity index (χ4n) is 2.41. The summed E-state index contributed by atoms with van der Waals surface area (Å²) in [6, 6.07) is 1.53. The number of aromatic nitrogens is 6. The second-order valence-electron chi connectivity index (χ2n) is 5.61. The van der Waals surface area contributed by atoms with Crippen LogP contribution in [-0.2, 0) is 0 Å². The van der Waals surface area contributed by atoms with Crippen molar-refractivity contribution >= 4 is 67.9 Å². The molecule has 9 nitrogen and oxygen atoms in total. The third-order valence-electron chi connectivity index (χ3n) is 3.72. The van der Waals surface area contributed by atoms with Crippen molar-refractivity contribution < 1.29 is 9.53 Å². The summed E-state index contributed by atoms with van der Waals surface area (Å²) in [7, 11) is 0. The standard InChI is InChI=1S/C16H11N7O2S4/c24-15(20-13-11(27)10(26)12(28)16(29)21-13)9-1-7(4-23-6-19-22-14(9)23)25-8-2-17-5-18-3-8/h1-6,27-28H,(H3,20,21,24,26,29). The van der Waals surface area contributed by atoms with Crippen LogP contribution < -0.4 is 10.1 Å². The lowest BCUT2D eigenvalue weighted by Gasteiger charge is -2.13. The quantitative estimate of drug-likeness (QED) is 0.297. The molecule has 4 aromatic rings. The van der Waals surface area contributed by atoms with Crippen LogP contribution in [0.1, 0.15) is 10.4 Å². The average Bonchev–Trinajstić information content (AvgIpc) is 3.19. The predicted octanol–water partition coefficient (Wildman–Crippen LogP) is 3.11. The van der Waals surface area contributed by atoms with Crippen LogP contribution in [0.5, 0.6) is 11.5 Å². The van der Waals surface area contributed by atoms with Gasteiger partial charge in [0.1, 0.15) is 29.2 Å². The molecule has 0 saturated carbocycles. The SMILES string of the molecule is O=C(Nc1nc(S)c(S)c(S)c1S)c1cc(Oc2cncnc2)cn2cnnc12. The Kier molecular flexibility index (Phi) is 5.54. The zero-order valence-corrected chi connectivity index (χ0v) is 17.8. The van der Waals surface area contributed by atoms with E-state index in [2.05, 4.69) is 81.0 Å². The lowest BCUT2D eigenvalue weighted by molar-refractivity contribution is 0.102. The van der Waals surface area contributed by atoms with E-state index in [9.17, 15) is 4.79 Å². The average molecular weight is 462 g/mol. The highest BCUT2D eigenvalue weighted by molar-refractivity contribution is 7.86. The maximum atomic E-state index is 13.0. The number of carbonyl (C=O) groups excluding carboxylic acids is 1. The van der Waals surface area contributed by atoms with Crippen LogP contribution in [0.25, 0.3) is 5.65 Å². The molecule has 0 aromatic carbocycles. The number of hydrogen-bond donors (Lipinski definition) is 5. The third kappa shape index (κ3) is 3.99. The number of anilines is 1. The Morgan fingerprint density at radius 2 is 1.79 bits per heavy atom. The summed E-state index contributed by atoms with van der Waals surface area (Å²) in [5.41, 5.74) is 0.547. The summed E-state index contributed by atoms with van der Waals surface area (Å²) in [5, 5.41) is 10.8. The minimum absolute atomic E-state index is 0.187. The Balaban J connectivity index is 1.71. The number of carbonyl (C=O) groups is 1. The number of hydrogen-bond acceptors (Lipinski definition) is 11. The van der Waals surface area contributed by atoms with Crippen molar-refractivity contribution in [2.75, 3.05) is 5.32 Å². The van der Waals surface area contributed by atoms with Gasteiger partial charge < -0.3 is 10.1 Å². The molecule has 0 fully saturated rings. The fraction of sp³-hybridized carbons (Fsp3) is 0. The van der Waals surface area contributed by atoms with Crippen molar-refractivity contribution in [3.8, 4) is 11.5 Å². The van der Waals surface area contributed by atoms with E-state index < -0.39 is 5.91 Å². The number of ether oxygens (including phenoxy) is 1. The first kappa shape index (κ1) is 19.8. The van der Waals surface area contributed by atoms with E-state index in [0.29, 0.717) is 36.9 Å². The Morgan fingerprint density at radius 1 is 1.03 bits per heavy atom. The minimum Gasteiger partial charge on any atom is -0.453 e. The molecule has 1 N–H and O–H groups in total. The summed E-state index contributed by atoms with van der Waals surface area (Å²) >= 11 is 17.2. The van der Waals surface area contributed by atoms with Crippen LogP contribution in [-0.4, -0.2) is 35.5 Å². The molecule has 4 rings (SSSR count). The molecular weight excluding hydrogens is 450 g/mol. The third-order valence-corrected chi connectivity index (χ3v) is 5.89. The van der Waals surface area contributed by atoms with Crippen LogP contribution >= 0.6 is 50.5 Å². The Hall–Kier alpha value is -2.48. The van der Waals surface area contributed by atoms with Crippen molar-refractivity contribution in [3.63, 3.8) is 0 Å². The van der Waals surface area contributed by atoms with Crippen LogP contribution in [0.15, 0.2) is 57.0 Å². The largest absolute Gasteiger partial charge is 0.453 e. The van der Waals surface area contributed by atoms with Gasteiger partial charge >= 0.3 is 0 Å². The lowest BCUT2D eigenvalue weighted by atomic mass is 10.2. The molecule has 0 aliphatic carbocycles. The summed E-state index contributed by atoms with van der Waals surface area (Å²) in [5.74, 6) is 0.473. The summed E-state index contributed by atoms with van der Waals surface area (Å²) < 4.78 is 7.29. The molecular formula is C16H11N7O2S4. The van der Waals surface area contributed by atoms with Gasteiger partial charge in [0.2, 0.25) is 0 Å². The van der Waals surface area contributed by atoms with Gasteiger partial charge in [0.25, 0.3) is 5.91 Å². The number of thiol groups is 4. The molecule has 29 heavy (non-hydrogen) atoms. The number of pyridine rings is 2. The maximum absolute atomic E-state index is 13.0. The highest BCUT2D eigenvalue weighted by Crippen LogP contribution is 2.34. The molecule has 0 aliphatic rings. The lowest BCUT2D eigenvalue weighted by Crippen LogP contribution is -2.15. The summed E-state index contributed by atoms with van der Waals surface area (Å²) in [6.07, 6.45) is 7.48. The van der Waals surface area contributed by atoms with Gasteiger partial charge in [0.05, 0.1) is 33.9 Å². The summed E-state index contributed by atoms with van der Waals surface area (Å²) in [4.78, 5) is 26.2. The van der Waals surface area contributed by atoms with E-state index in [-0.39, 0.29) is 11.4 Å². The first-order valence-electron chi connectivity index (χ1n) is 7.85. The van der Waals surface area contributed by atoms with Gasteiger partial charge in [-0.25, -0.2) is 15.0 Å². The number of amides is 1. The zero-order valence-electron chi connectivity index (χ0n) is 14.3. The highest BCUT2D eigenvalue weighted by atomic mass is 32.1. The van der Waals surface area contributed by atoms with Crippen LogP contribution in [0.2, 0.25) is 0 Å². The van der Waals surface area contributed by atoms with E-state index in [0.717, 1.165) is 0 Å². The monoisotopic (exact) mass is 461 g/mol. The maximum Gasteiger partial charge on any atom is 0.260 e. The van der Waals surface area contributed by atoms with Crippen molar-refractivity contribution in [2.24, 2.45) is 0 Å². The van der Waals surface area contributed by atoms with Gasteiger partial charge in [-0.15, -0.1) is 60.7 Å². The Bertz CT molecular complexity index is 1230. The molecule has 0 bridgehead atoms. The van der Waals surface area contributed by atoms with Gasteiger partial charge in [-0.3, -0.25) is 9.20 Å². The first-order chi connectivity index (χ1) is 13.9. The van der Waals surface area contributed by atoms with E-state index >= 15 is 0 Å². The number of fused-ring (bicyclic) bond motifs is 1. The second-order valence-corrected chi connectivity index (χ2v) is 7.38. The molecule has 0 atom stereocenters. The van der Waals surface area contributed by atoms with E-state index in [1.54, 1.807) is 10.6 Å². The van der Waals surface area contributed by atoms with Gasteiger partial charge in [-0.05, 0) is 6.07 Å². The molecule has 1 amide bonds. The number of rotatable bonds is 4. The van der Waals surface area contributed by atoms with Gasteiger partial charge in [-0.1, -0.05) is 0 Å². The van der Waals surface area contributed by atoms with Gasteiger partial charge in [0, 0.05) is 4.90 Å². The van der Waals surface area contributed by atoms with E-state index in [1.165, 1.54) is 31.1 Å². The molecule has 0 radical (unpaired) electrons. The highest BCUT2D eigenvalue weighted by Gasteiger charge is 2.19. The van der Waals surface area contributed by atoms with E-state index in [4.69, 9.17) is 4.74 Å². The van der Waals surface area contributed by atoms with Crippen molar-refractivity contribution in [3.05, 3.63) is 42.9 Å². The predicted molar refractivity (Wildman–Crippen MR) is 116 cm³/mol. The Labute approximate surface area is 186 Å². The number of nitrogens with one attached hydrogen (secondary N) is 1. The molecule has 0 saturated heterocycles. The fourth-order valence-corrected chi connectivity index (χ4v) is 3.39. The van der Waals surface area contributed by atoms with Crippen molar-refractivity contribution in [2.45, 2.75) is 19.7 Å². The smallest absolute Gasteiger partial charge is 0.260 e. The molecule has 4 heterocycles. The minimum atomic E-state index is -0.493. The van der Waals surface area contributed by atoms with E-state index in [1.807, 2.05) is 0 Å². The molecule has 0 unspecified atom stereocenters. The topological polar surface area (TPSA) is 107 Å². The second kappa shape index (κ2) is 8.10. The molecule has 0 spiro atoms. The van der Waals surface area contributed by atoms with Crippen LogP contribution in [0.3, 0.4) is 0 Å². The van der Waals surface area contributed by atoms with Crippen molar-refractivity contribution in [1.82, 2.24) is 29.5 Å². The number of nitrogens with zero attached hydrogens (tertiary/aromatic N) is 6. The normalized spacial score (nSPS) is 10.9. The van der Waals surface area contributed by atoms with Crippen molar-refractivity contribution in [1.29, 1.82) is 0 Å². The zero-order chi connectivity index (χ0) is 20.5. The molecule has 0 aliphatic heterocycles. The molecule has 146 valence electrons. The van der Waals surface area contributed by atoms with Gasteiger partial charge in [-0.2, -0.15) is 0 Å². The first-order valence-corrected chi connectivity index (χ1v) is 9.64. The van der Waals surface area contributed by atoms with Gasteiger partial charge in [0.15, 0.2) is 11.4 Å². The summed E-state index contributed by atoms with van der Waals surface area (Å²) in [6.45, 7) is 0. The molecule has 4 aromatic heterocycles. The molecule has 13 heteroatoms. The van der Waals surface area contributed by atoms with Crippen LogP contribution in [0.4, 0.5) is 5.82 Å². The Morgan fingerprint density at radius 3 is 2.55 bits per heavy atom.